The first kappa shape index (κ1) is 12.8. The fourth-order valence-electron chi connectivity index (χ4n) is 1.78. The zero-order chi connectivity index (χ0) is 13.2. The van der Waals surface area contributed by atoms with E-state index in [0.29, 0.717) is 11.1 Å². The molecule has 0 heterocycles. The Labute approximate surface area is 113 Å². The number of carbonyl (C=O) groups is 1. The zero-order valence-electron chi connectivity index (χ0n) is 9.38. The van der Waals surface area contributed by atoms with Gasteiger partial charge in [0.25, 0.3) is 0 Å². The molecular weight excluding hydrogens is 296 g/mol. The SMILES string of the molecule is O=C(O)C(O)(c1ccccc1)c1ccc(Br)cc1. The van der Waals surface area contributed by atoms with Crippen molar-refractivity contribution in [1.29, 1.82) is 0 Å². The third-order valence-electron chi connectivity index (χ3n) is 2.76. The Morgan fingerprint density at radius 3 is 1.94 bits per heavy atom. The summed E-state index contributed by atoms with van der Waals surface area (Å²) < 4.78 is 0.826. The summed E-state index contributed by atoms with van der Waals surface area (Å²) in [5.41, 5.74) is -1.37. The van der Waals surface area contributed by atoms with E-state index in [4.69, 9.17) is 0 Å². The summed E-state index contributed by atoms with van der Waals surface area (Å²) in [5.74, 6) is -1.30. The molecule has 0 saturated heterocycles. The lowest BCUT2D eigenvalue weighted by Gasteiger charge is -2.24. The van der Waals surface area contributed by atoms with Gasteiger partial charge in [0.15, 0.2) is 0 Å². The van der Waals surface area contributed by atoms with E-state index in [1.54, 1.807) is 54.6 Å². The van der Waals surface area contributed by atoms with Crippen molar-refractivity contribution in [2.24, 2.45) is 0 Å². The van der Waals surface area contributed by atoms with Crippen LogP contribution < -0.4 is 0 Å². The normalized spacial score (nSPS) is 13.9. The number of aliphatic hydroxyl groups is 1. The monoisotopic (exact) mass is 306 g/mol. The van der Waals surface area contributed by atoms with Crippen molar-refractivity contribution < 1.29 is 15.0 Å². The molecule has 0 bridgehead atoms. The van der Waals surface area contributed by atoms with Gasteiger partial charge in [-0.3, -0.25) is 0 Å². The third kappa shape index (κ3) is 2.17. The summed E-state index contributed by atoms with van der Waals surface area (Å²) in [4.78, 5) is 11.4. The molecule has 0 amide bonds. The molecule has 1 unspecified atom stereocenters. The molecule has 0 aliphatic rings. The Hall–Kier alpha value is -1.65. The smallest absolute Gasteiger partial charge is 0.345 e. The summed E-state index contributed by atoms with van der Waals surface area (Å²) >= 11 is 3.28. The lowest BCUT2D eigenvalue weighted by Crippen LogP contribution is -2.36. The largest absolute Gasteiger partial charge is 0.479 e. The first-order chi connectivity index (χ1) is 8.55. The molecule has 0 fully saturated rings. The van der Waals surface area contributed by atoms with E-state index in [1.807, 2.05) is 0 Å². The van der Waals surface area contributed by atoms with Crippen molar-refractivity contribution in [2.45, 2.75) is 5.60 Å². The van der Waals surface area contributed by atoms with Gasteiger partial charge in [-0.1, -0.05) is 58.4 Å². The van der Waals surface area contributed by atoms with Crippen molar-refractivity contribution in [3.8, 4) is 0 Å². The Balaban J connectivity index is 2.58. The molecular formula is C14H11BrO3. The van der Waals surface area contributed by atoms with Gasteiger partial charge < -0.3 is 10.2 Å². The number of hydrogen-bond donors (Lipinski definition) is 2. The van der Waals surface area contributed by atoms with Crippen LogP contribution >= 0.6 is 15.9 Å². The summed E-state index contributed by atoms with van der Waals surface area (Å²) in [6.07, 6.45) is 0. The second-order valence-electron chi connectivity index (χ2n) is 3.89. The predicted molar refractivity (Wildman–Crippen MR) is 71.2 cm³/mol. The fraction of sp³-hybridized carbons (Fsp3) is 0.0714. The van der Waals surface area contributed by atoms with Crippen molar-refractivity contribution in [3.05, 3.63) is 70.2 Å². The molecule has 0 radical (unpaired) electrons. The van der Waals surface area contributed by atoms with Crippen LogP contribution in [0.15, 0.2) is 59.1 Å². The highest BCUT2D eigenvalue weighted by Gasteiger charge is 2.39. The molecule has 92 valence electrons. The average Bonchev–Trinajstić information content (AvgIpc) is 2.39. The molecule has 0 aromatic heterocycles. The van der Waals surface area contributed by atoms with Crippen LogP contribution in [0.1, 0.15) is 11.1 Å². The second kappa shape index (κ2) is 4.92. The van der Waals surface area contributed by atoms with Gasteiger partial charge in [0.1, 0.15) is 0 Å². The van der Waals surface area contributed by atoms with Gasteiger partial charge >= 0.3 is 5.97 Å². The van der Waals surface area contributed by atoms with E-state index in [2.05, 4.69) is 15.9 Å². The molecule has 2 aromatic carbocycles. The molecule has 18 heavy (non-hydrogen) atoms. The molecule has 1 atom stereocenters. The Morgan fingerprint density at radius 2 is 1.44 bits per heavy atom. The number of carboxylic acid groups (broad SMARTS) is 1. The van der Waals surface area contributed by atoms with Gasteiger partial charge in [0, 0.05) is 4.47 Å². The van der Waals surface area contributed by atoms with Crippen LogP contribution in [0.5, 0.6) is 0 Å². The van der Waals surface area contributed by atoms with Crippen LogP contribution in [-0.2, 0) is 10.4 Å². The number of aliphatic carboxylic acids is 1. The molecule has 0 saturated carbocycles. The van der Waals surface area contributed by atoms with Crippen molar-refractivity contribution in [3.63, 3.8) is 0 Å². The topological polar surface area (TPSA) is 57.5 Å². The van der Waals surface area contributed by atoms with E-state index in [-0.39, 0.29) is 0 Å². The summed E-state index contributed by atoms with van der Waals surface area (Å²) in [6, 6.07) is 14.9. The van der Waals surface area contributed by atoms with Gasteiger partial charge in [0.05, 0.1) is 0 Å². The van der Waals surface area contributed by atoms with Gasteiger partial charge in [0.2, 0.25) is 5.60 Å². The van der Waals surface area contributed by atoms with Gasteiger partial charge in [-0.25, -0.2) is 4.79 Å². The maximum atomic E-state index is 11.4. The lowest BCUT2D eigenvalue weighted by atomic mass is 9.86. The van der Waals surface area contributed by atoms with Gasteiger partial charge in [-0.2, -0.15) is 0 Å². The predicted octanol–water partition coefficient (Wildman–Crippen LogP) is 2.77. The fourth-order valence-corrected chi connectivity index (χ4v) is 2.05. The number of halogens is 1. The third-order valence-corrected chi connectivity index (χ3v) is 3.29. The molecule has 2 N–H and O–H groups in total. The van der Waals surface area contributed by atoms with E-state index in [1.165, 1.54) is 0 Å². The first-order valence-corrected chi connectivity index (χ1v) is 6.12. The van der Waals surface area contributed by atoms with E-state index in [9.17, 15) is 15.0 Å². The molecule has 4 heteroatoms. The molecule has 2 rings (SSSR count). The number of carboxylic acids is 1. The van der Waals surface area contributed by atoms with Crippen molar-refractivity contribution in [2.75, 3.05) is 0 Å². The molecule has 2 aromatic rings. The highest BCUT2D eigenvalue weighted by molar-refractivity contribution is 9.10. The standard InChI is InChI=1S/C14H11BrO3/c15-12-8-6-11(7-9-12)14(18,13(16)17)10-4-2-1-3-5-10/h1-9,18H,(H,16,17). The van der Waals surface area contributed by atoms with Crippen LogP contribution in [0.2, 0.25) is 0 Å². The number of hydrogen-bond acceptors (Lipinski definition) is 2. The summed E-state index contributed by atoms with van der Waals surface area (Å²) in [7, 11) is 0. The highest BCUT2D eigenvalue weighted by Crippen LogP contribution is 2.30. The minimum absolute atomic E-state index is 0.324. The summed E-state index contributed by atoms with van der Waals surface area (Å²) in [6.45, 7) is 0. The molecule has 0 spiro atoms. The molecule has 0 aliphatic heterocycles. The van der Waals surface area contributed by atoms with E-state index in [0.717, 1.165) is 4.47 Å². The van der Waals surface area contributed by atoms with Crippen LogP contribution in [0.3, 0.4) is 0 Å². The quantitative estimate of drug-likeness (QED) is 0.917. The van der Waals surface area contributed by atoms with Crippen molar-refractivity contribution in [1.82, 2.24) is 0 Å². The average molecular weight is 307 g/mol. The number of benzene rings is 2. The Kier molecular flexibility index (Phi) is 3.50. The number of rotatable bonds is 3. The minimum atomic E-state index is -2.03. The van der Waals surface area contributed by atoms with Crippen LogP contribution in [-0.4, -0.2) is 16.2 Å². The lowest BCUT2D eigenvalue weighted by molar-refractivity contribution is -0.155. The van der Waals surface area contributed by atoms with E-state index < -0.39 is 11.6 Å². The van der Waals surface area contributed by atoms with Crippen molar-refractivity contribution >= 4 is 21.9 Å². The maximum Gasteiger partial charge on any atom is 0.345 e. The van der Waals surface area contributed by atoms with Crippen LogP contribution in [0.25, 0.3) is 0 Å². The van der Waals surface area contributed by atoms with Crippen LogP contribution in [0, 0.1) is 0 Å². The van der Waals surface area contributed by atoms with Gasteiger partial charge in [-0.05, 0) is 23.3 Å². The maximum absolute atomic E-state index is 11.4. The minimum Gasteiger partial charge on any atom is -0.479 e. The Bertz CT molecular complexity index is 551. The van der Waals surface area contributed by atoms with Gasteiger partial charge in [-0.15, -0.1) is 0 Å². The summed E-state index contributed by atoms with van der Waals surface area (Å²) in [5, 5.41) is 19.9. The molecule has 3 nitrogen and oxygen atoms in total. The highest BCUT2D eigenvalue weighted by atomic mass is 79.9. The zero-order valence-corrected chi connectivity index (χ0v) is 11.0. The first-order valence-electron chi connectivity index (χ1n) is 5.32. The van der Waals surface area contributed by atoms with Crippen LogP contribution in [0.4, 0.5) is 0 Å². The second-order valence-corrected chi connectivity index (χ2v) is 4.80. The Morgan fingerprint density at radius 1 is 0.944 bits per heavy atom. The molecule has 0 aliphatic carbocycles. The van der Waals surface area contributed by atoms with E-state index >= 15 is 0 Å².